The van der Waals surface area contributed by atoms with Crippen molar-refractivity contribution in [1.29, 1.82) is 0 Å². The number of hydrogen-bond donors (Lipinski definition) is 2. The minimum Gasteiger partial charge on any atom is -0.460 e. The topological polar surface area (TPSA) is 107 Å². The van der Waals surface area contributed by atoms with E-state index in [9.17, 15) is 9.59 Å². The minimum absolute atomic E-state index is 0.0716. The van der Waals surface area contributed by atoms with Gasteiger partial charge in [-0.15, -0.1) is 0 Å². The van der Waals surface area contributed by atoms with Crippen molar-refractivity contribution in [2.45, 2.75) is 70.0 Å². The molecule has 1 aromatic heterocycles. The minimum atomic E-state index is -0.768. The molecule has 2 unspecified atom stereocenters. The monoisotopic (exact) mass is 474 g/mol. The maximum Gasteiger partial charge on any atom is 0.305 e. The van der Waals surface area contributed by atoms with Gasteiger partial charge < -0.3 is 24.6 Å². The number of nitrogens with zero attached hydrogens (tertiary/aromatic N) is 1. The van der Waals surface area contributed by atoms with Gasteiger partial charge in [0.2, 0.25) is 5.91 Å². The Morgan fingerprint density at radius 3 is 2.68 bits per heavy atom. The number of esters is 1. The van der Waals surface area contributed by atoms with Gasteiger partial charge in [-0.05, 0) is 57.0 Å². The van der Waals surface area contributed by atoms with E-state index in [0.717, 1.165) is 10.8 Å². The molecule has 0 aliphatic heterocycles. The van der Waals surface area contributed by atoms with E-state index in [1.165, 1.54) is 0 Å². The molecule has 1 amide bonds. The third-order valence-corrected chi connectivity index (χ3v) is 5.85. The molecule has 8 nitrogen and oxygen atoms in total. The van der Waals surface area contributed by atoms with Crippen LogP contribution in [0.1, 0.15) is 47.0 Å². The Morgan fingerprint density at radius 1 is 1.26 bits per heavy atom. The summed E-state index contributed by atoms with van der Waals surface area (Å²) in [7, 11) is 3.19. The second-order valence-corrected chi connectivity index (χ2v) is 10.2. The summed E-state index contributed by atoms with van der Waals surface area (Å²) < 4.78 is 16.5. The second-order valence-electron chi connectivity index (χ2n) is 7.75. The number of aromatic nitrogens is 1. The Kier molecular flexibility index (Phi) is 13.8. The van der Waals surface area contributed by atoms with E-state index < -0.39 is 24.0 Å². The first-order chi connectivity index (χ1) is 14.7. The van der Waals surface area contributed by atoms with Crippen molar-refractivity contribution >= 4 is 33.5 Å². The summed E-state index contributed by atoms with van der Waals surface area (Å²) in [4.78, 5) is 28.1. The first kappa shape index (κ1) is 27.7. The number of rotatable bonds is 15. The van der Waals surface area contributed by atoms with Gasteiger partial charge >= 0.3 is 5.97 Å². The number of amides is 1. The van der Waals surface area contributed by atoms with E-state index in [1.807, 2.05) is 39.0 Å². The molecule has 0 aliphatic rings. The molecule has 1 rings (SSSR count). The molecular formula is C21H34N2O6S2. The maximum atomic E-state index is 12.0. The first-order valence-electron chi connectivity index (χ1n) is 10.3. The zero-order valence-electron chi connectivity index (χ0n) is 18.7. The summed E-state index contributed by atoms with van der Waals surface area (Å²) in [5.41, 5.74) is -0.487. The van der Waals surface area contributed by atoms with Crippen molar-refractivity contribution in [3.63, 3.8) is 0 Å². The smallest absolute Gasteiger partial charge is 0.305 e. The first-order valence-corrected chi connectivity index (χ1v) is 12.6. The lowest BCUT2D eigenvalue weighted by Crippen LogP contribution is -2.36. The SMILES string of the molecule is CC(CO)OC(COC(=O)CCCC(=O)NCCSSc1ccccn1)OC(C)(C)C. The third-order valence-electron chi connectivity index (χ3n) is 3.58. The van der Waals surface area contributed by atoms with Crippen molar-refractivity contribution in [2.24, 2.45) is 0 Å². The van der Waals surface area contributed by atoms with E-state index in [-0.39, 0.29) is 32.0 Å². The van der Waals surface area contributed by atoms with Crippen LogP contribution in [-0.4, -0.2) is 65.5 Å². The summed E-state index contributed by atoms with van der Waals surface area (Å²) >= 11 is 0. The van der Waals surface area contributed by atoms with Crippen LogP contribution in [0.5, 0.6) is 0 Å². The lowest BCUT2D eigenvalue weighted by molar-refractivity contribution is -0.235. The molecular weight excluding hydrogens is 440 g/mol. The fourth-order valence-electron chi connectivity index (χ4n) is 2.24. The standard InChI is InChI=1S/C21H34N2O6S2/c1-16(14-24)28-20(29-21(2,3)4)15-27-19(26)10-7-8-17(25)22-12-13-30-31-18-9-5-6-11-23-18/h5-6,9,11,16,20,24H,7-8,10,12-15H2,1-4H3,(H,22,25). The quantitative estimate of drug-likeness (QED) is 0.171. The van der Waals surface area contributed by atoms with Gasteiger partial charge in [-0.25, -0.2) is 4.98 Å². The molecule has 2 N–H and O–H groups in total. The Balaban J connectivity index is 2.15. The molecule has 31 heavy (non-hydrogen) atoms. The number of aliphatic hydroxyl groups is 1. The van der Waals surface area contributed by atoms with E-state index in [4.69, 9.17) is 19.3 Å². The normalized spacial score (nSPS) is 13.5. The largest absolute Gasteiger partial charge is 0.460 e. The van der Waals surface area contributed by atoms with Crippen molar-refractivity contribution in [3.8, 4) is 0 Å². The number of carbonyl (C=O) groups is 2. The maximum absolute atomic E-state index is 12.0. The second kappa shape index (κ2) is 15.5. The highest BCUT2D eigenvalue weighted by Crippen LogP contribution is 2.28. The summed E-state index contributed by atoms with van der Waals surface area (Å²) in [6, 6.07) is 5.74. The average molecular weight is 475 g/mol. The van der Waals surface area contributed by atoms with E-state index in [2.05, 4.69) is 10.3 Å². The van der Waals surface area contributed by atoms with Crippen LogP contribution in [0.25, 0.3) is 0 Å². The number of carbonyl (C=O) groups excluding carboxylic acids is 2. The van der Waals surface area contributed by atoms with Gasteiger partial charge in [0.25, 0.3) is 0 Å². The molecule has 1 heterocycles. The predicted molar refractivity (Wildman–Crippen MR) is 123 cm³/mol. The Bertz CT molecular complexity index is 643. The molecule has 0 aliphatic carbocycles. The van der Waals surface area contributed by atoms with Crippen molar-refractivity contribution in [1.82, 2.24) is 10.3 Å². The predicted octanol–water partition coefficient (Wildman–Crippen LogP) is 3.19. The van der Waals surface area contributed by atoms with E-state index in [1.54, 1.807) is 34.7 Å². The van der Waals surface area contributed by atoms with Crippen molar-refractivity contribution in [2.75, 3.05) is 25.5 Å². The van der Waals surface area contributed by atoms with Gasteiger partial charge in [-0.2, -0.15) is 0 Å². The highest BCUT2D eigenvalue weighted by molar-refractivity contribution is 8.76. The number of pyridine rings is 1. The molecule has 10 heteroatoms. The third kappa shape index (κ3) is 15.2. The van der Waals surface area contributed by atoms with Gasteiger partial charge in [0, 0.05) is 31.3 Å². The van der Waals surface area contributed by atoms with Gasteiger partial charge in [-0.1, -0.05) is 16.9 Å². The molecule has 1 aromatic rings. The Hall–Kier alpha value is -1.33. The number of ether oxygens (including phenoxy) is 3. The van der Waals surface area contributed by atoms with Crippen LogP contribution in [0.4, 0.5) is 0 Å². The average Bonchev–Trinajstić information content (AvgIpc) is 2.71. The van der Waals surface area contributed by atoms with Gasteiger partial charge in [0.1, 0.15) is 11.6 Å². The molecule has 176 valence electrons. The van der Waals surface area contributed by atoms with Crippen LogP contribution in [-0.2, 0) is 23.8 Å². The van der Waals surface area contributed by atoms with Crippen molar-refractivity contribution in [3.05, 3.63) is 24.4 Å². The van der Waals surface area contributed by atoms with Crippen LogP contribution in [0, 0.1) is 0 Å². The van der Waals surface area contributed by atoms with Crippen LogP contribution in [0.3, 0.4) is 0 Å². The highest BCUT2D eigenvalue weighted by atomic mass is 33.1. The zero-order valence-corrected chi connectivity index (χ0v) is 20.3. The summed E-state index contributed by atoms with van der Waals surface area (Å²) in [5.74, 6) is 0.249. The molecule has 0 saturated heterocycles. The van der Waals surface area contributed by atoms with Gasteiger partial charge in [0.05, 0.1) is 18.3 Å². The Morgan fingerprint density at radius 2 is 2.03 bits per heavy atom. The molecule has 0 spiro atoms. The highest BCUT2D eigenvalue weighted by Gasteiger charge is 2.23. The molecule has 2 atom stereocenters. The lowest BCUT2D eigenvalue weighted by Gasteiger charge is -2.28. The molecule has 0 fully saturated rings. The number of nitrogens with one attached hydrogen (secondary N) is 1. The van der Waals surface area contributed by atoms with E-state index >= 15 is 0 Å². The van der Waals surface area contributed by atoms with E-state index in [0.29, 0.717) is 13.0 Å². The van der Waals surface area contributed by atoms with Crippen LogP contribution < -0.4 is 5.32 Å². The molecule has 0 aromatic carbocycles. The summed E-state index contributed by atoms with van der Waals surface area (Å²) in [6.07, 6.45) is 1.34. The Labute approximate surface area is 192 Å². The van der Waals surface area contributed by atoms with Gasteiger partial charge in [-0.3, -0.25) is 9.59 Å². The van der Waals surface area contributed by atoms with Gasteiger partial charge in [0.15, 0.2) is 6.29 Å². The lowest BCUT2D eigenvalue weighted by atomic mass is 10.2. The molecule has 0 bridgehead atoms. The summed E-state index contributed by atoms with van der Waals surface area (Å²) in [6.45, 7) is 7.62. The summed E-state index contributed by atoms with van der Waals surface area (Å²) in [5, 5.41) is 12.9. The number of hydrogen-bond acceptors (Lipinski definition) is 9. The molecule has 0 saturated carbocycles. The van der Waals surface area contributed by atoms with Crippen LogP contribution in [0.15, 0.2) is 29.4 Å². The van der Waals surface area contributed by atoms with Crippen LogP contribution in [0.2, 0.25) is 0 Å². The zero-order chi connectivity index (χ0) is 23.1. The fourth-order valence-corrected chi connectivity index (χ4v) is 4.03. The molecule has 0 radical (unpaired) electrons. The number of aliphatic hydroxyl groups excluding tert-OH is 1. The van der Waals surface area contributed by atoms with Crippen molar-refractivity contribution < 1.29 is 28.9 Å². The van der Waals surface area contributed by atoms with Crippen LogP contribution >= 0.6 is 21.6 Å². The fraction of sp³-hybridized carbons (Fsp3) is 0.667.